The van der Waals surface area contributed by atoms with Gasteiger partial charge in [-0.25, -0.2) is 0 Å². The zero-order valence-corrected chi connectivity index (χ0v) is 15.5. The molecule has 7 heteroatoms. The van der Waals surface area contributed by atoms with E-state index in [-0.39, 0.29) is 10.6 Å². The molecular formula is C20H25N3O4. The maximum Gasteiger partial charge on any atom is 0.269 e. The monoisotopic (exact) mass is 371 g/mol. The standard InChI is InChI=1S/C20H25N3O4/c1-26-19-6-8-20(9-7-19)27-15-14-21-10-12-22(13-11-21)16-17-2-4-18(5-3-17)23(24)25/h2-9H,10-16H2,1H3. The Balaban J connectivity index is 1.36. The average molecular weight is 371 g/mol. The van der Waals surface area contributed by atoms with E-state index in [1.807, 2.05) is 36.4 Å². The van der Waals surface area contributed by atoms with Crippen molar-refractivity contribution >= 4 is 5.69 Å². The summed E-state index contributed by atoms with van der Waals surface area (Å²) in [7, 11) is 1.65. The van der Waals surface area contributed by atoms with Crippen LogP contribution in [0.5, 0.6) is 11.5 Å². The van der Waals surface area contributed by atoms with Crippen LogP contribution in [0, 0.1) is 10.1 Å². The predicted molar refractivity (Wildman–Crippen MR) is 103 cm³/mol. The van der Waals surface area contributed by atoms with Gasteiger partial charge in [-0.2, -0.15) is 0 Å². The second kappa shape index (κ2) is 9.34. The Morgan fingerprint density at radius 3 is 2.11 bits per heavy atom. The summed E-state index contributed by atoms with van der Waals surface area (Å²) in [4.78, 5) is 15.1. The van der Waals surface area contributed by atoms with Gasteiger partial charge in [0.25, 0.3) is 5.69 Å². The lowest BCUT2D eigenvalue weighted by molar-refractivity contribution is -0.384. The van der Waals surface area contributed by atoms with Crippen LogP contribution in [-0.2, 0) is 6.54 Å². The molecule has 1 aliphatic heterocycles. The topological polar surface area (TPSA) is 68.1 Å². The van der Waals surface area contributed by atoms with Crippen LogP contribution in [-0.4, -0.2) is 61.2 Å². The van der Waals surface area contributed by atoms with Crippen LogP contribution in [0.25, 0.3) is 0 Å². The van der Waals surface area contributed by atoms with Crippen LogP contribution >= 0.6 is 0 Å². The van der Waals surface area contributed by atoms with Crippen LogP contribution in [0.15, 0.2) is 48.5 Å². The third-order valence-corrected chi connectivity index (χ3v) is 4.75. The minimum atomic E-state index is -0.365. The first-order valence-corrected chi connectivity index (χ1v) is 9.09. The van der Waals surface area contributed by atoms with Crippen molar-refractivity contribution in [1.82, 2.24) is 9.80 Å². The number of methoxy groups -OCH3 is 1. The summed E-state index contributed by atoms with van der Waals surface area (Å²) < 4.78 is 10.9. The third-order valence-electron chi connectivity index (χ3n) is 4.75. The van der Waals surface area contributed by atoms with Crippen molar-refractivity contribution in [2.24, 2.45) is 0 Å². The lowest BCUT2D eigenvalue weighted by Crippen LogP contribution is -2.47. The van der Waals surface area contributed by atoms with Crippen molar-refractivity contribution in [1.29, 1.82) is 0 Å². The van der Waals surface area contributed by atoms with Gasteiger partial charge in [0.05, 0.1) is 12.0 Å². The molecule has 27 heavy (non-hydrogen) atoms. The number of nitro groups is 1. The van der Waals surface area contributed by atoms with Gasteiger partial charge in [0.15, 0.2) is 0 Å². The summed E-state index contributed by atoms with van der Waals surface area (Å²) in [5.41, 5.74) is 1.25. The van der Waals surface area contributed by atoms with E-state index in [1.165, 1.54) is 0 Å². The number of ether oxygens (including phenoxy) is 2. The summed E-state index contributed by atoms with van der Waals surface area (Å²) in [6.45, 7) is 6.36. The van der Waals surface area contributed by atoms with Gasteiger partial charge < -0.3 is 9.47 Å². The predicted octanol–water partition coefficient (Wildman–Crippen LogP) is 2.80. The molecule has 0 N–H and O–H groups in total. The number of hydrogen-bond donors (Lipinski definition) is 0. The molecule has 0 unspecified atom stereocenters. The smallest absolute Gasteiger partial charge is 0.269 e. The second-order valence-electron chi connectivity index (χ2n) is 6.57. The van der Waals surface area contributed by atoms with Gasteiger partial charge in [0.2, 0.25) is 0 Å². The molecule has 1 fully saturated rings. The molecule has 0 aromatic heterocycles. The first kappa shape index (κ1) is 19.1. The molecule has 1 heterocycles. The Bertz CT molecular complexity index is 726. The highest BCUT2D eigenvalue weighted by atomic mass is 16.6. The van der Waals surface area contributed by atoms with E-state index >= 15 is 0 Å². The molecular weight excluding hydrogens is 346 g/mol. The minimum absolute atomic E-state index is 0.139. The molecule has 0 spiro atoms. The fraction of sp³-hybridized carbons (Fsp3) is 0.400. The maximum absolute atomic E-state index is 10.7. The van der Waals surface area contributed by atoms with Gasteiger partial charge in [-0.1, -0.05) is 12.1 Å². The summed E-state index contributed by atoms with van der Waals surface area (Å²) in [5.74, 6) is 1.68. The van der Waals surface area contributed by atoms with Gasteiger partial charge in [0, 0.05) is 51.4 Å². The van der Waals surface area contributed by atoms with E-state index in [9.17, 15) is 10.1 Å². The van der Waals surface area contributed by atoms with Crippen LogP contribution < -0.4 is 9.47 Å². The van der Waals surface area contributed by atoms with Gasteiger partial charge in [-0.15, -0.1) is 0 Å². The second-order valence-corrected chi connectivity index (χ2v) is 6.57. The molecule has 144 valence electrons. The quantitative estimate of drug-likeness (QED) is 0.525. The van der Waals surface area contributed by atoms with E-state index in [1.54, 1.807) is 19.2 Å². The van der Waals surface area contributed by atoms with Crippen LogP contribution in [0.2, 0.25) is 0 Å². The van der Waals surface area contributed by atoms with Crippen molar-refractivity contribution in [2.45, 2.75) is 6.54 Å². The number of hydrogen-bond acceptors (Lipinski definition) is 6. The highest BCUT2D eigenvalue weighted by Gasteiger charge is 2.17. The van der Waals surface area contributed by atoms with Crippen molar-refractivity contribution < 1.29 is 14.4 Å². The van der Waals surface area contributed by atoms with Crippen molar-refractivity contribution in [3.8, 4) is 11.5 Å². The van der Waals surface area contributed by atoms with Gasteiger partial charge in [-0.05, 0) is 29.8 Å². The normalized spacial score (nSPS) is 15.4. The molecule has 0 aliphatic carbocycles. The highest BCUT2D eigenvalue weighted by molar-refractivity contribution is 5.33. The largest absolute Gasteiger partial charge is 0.497 e. The molecule has 3 rings (SSSR count). The molecule has 0 bridgehead atoms. The van der Waals surface area contributed by atoms with E-state index in [4.69, 9.17) is 9.47 Å². The minimum Gasteiger partial charge on any atom is -0.497 e. The lowest BCUT2D eigenvalue weighted by Gasteiger charge is -2.34. The molecule has 0 atom stereocenters. The number of benzene rings is 2. The molecule has 7 nitrogen and oxygen atoms in total. The molecule has 0 radical (unpaired) electrons. The van der Waals surface area contributed by atoms with E-state index in [2.05, 4.69) is 9.80 Å². The molecule has 0 amide bonds. The first-order chi connectivity index (χ1) is 13.1. The van der Waals surface area contributed by atoms with Crippen LogP contribution in [0.1, 0.15) is 5.56 Å². The SMILES string of the molecule is COc1ccc(OCCN2CCN(Cc3ccc([N+](=O)[O-])cc3)CC2)cc1. The summed E-state index contributed by atoms with van der Waals surface area (Å²) in [6, 6.07) is 14.4. The molecule has 1 aliphatic rings. The van der Waals surface area contributed by atoms with Crippen LogP contribution in [0.4, 0.5) is 5.69 Å². The van der Waals surface area contributed by atoms with Crippen molar-refractivity contribution in [3.05, 3.63) is 64.2 Å². The van der Waals surface area contributed by atoms with Gasteiger partial charge in [0.1, 0.15) is 18.1 Å². The lowest BCUT2D eigenvalue weighted by atomic mass is 10.2. The zero-order chi connectivity index (χ0) is 19.1. The molecule has 2 aromatic carbocycles. The highest BCUT2D eigenvalue weighted by Crippen LogP contribution is 2.17. The number of non-ortho nitro benzene ring substituents is 1. The fourth-order valence-corrected chi connectivity index (χ4v) is 3.12. The Kier molecular flexibility index (Phi) is 6.62. The Morgan fingerprint density at radius 2 is 1.52 bits per heavy atom. The van der Waals surface area contributed by atoms with Crippen molar-refractivity contribution in [2.75, 3.05) is 46.4 Å². The average Bonchev–Trinajstić information content (AvgIpc) is 2.70. The Hall–Kier alpha value is -2.64. The summed E-state index contributed by atoms with van der Waals surface area (Å²) in [6.07, 6.45) is 0. The molecule has 1 saturated heterocycles. The van der Waals surface area contributed by atoms with E-state index in [0.717, 1.165) is 56.3 Å². The number of nitrogens with zero attached hydrogens (tertiary/aromatic N) is 3. The number of piperazine rings is 1. The van der Waals surface area contributed by atoms with Gasteiger partial charge in [-0.3, -0.25) is 19.9 Å². The Morgan fingerprint density at radius 1 is 0.926 bits per heavy atom. The Labute approximate surface area is 159 Å². The summed E-state index contributed by atoms with van der Waals surface area (Å²) >= 11 is 0. The third kappa shape index (κ3) is 5.67. The number of nitro benzene ring substituents is 1. The number of rotatable bonds is 8. The van der Waals surface area contributed by atoms with E-state index in [0.29, 0.717) is 6.61 Å². The van der Waals surface area contributed by atoms with Gasteiger partial charge >= 0.3 is 0 Å². The fourth-order valence-electron chi connectivity index (χ4n) is 3.12. The summed E-state index contributed by atoms with van der Waals surface area (Å²) in [5, 5.41) is 10.7. The zero-order valence-electron chi connectivity index (χ0n) is 15.5. The maximum atomic E-state index is 10.7. The van der Waals surface area contributed by atoms with Crippen LogP contribution in [0.3, 0.4) is 0 Å². The van der Waals surface area contributed by atoms with E-state index < -0.39 is 0 Å². The van der Waals surface area contributed by atoms with Crippen molar-refractivity contribution in [3.63, 3.8) is 0 Å². The molecule has 0 saturated carbocycles. The first-order valence-electron chi connectivity index (χ1n) is 9.09. The molecule has 2 aromatic rings.